The lowest BCUT2D eigenvalue weighted by molar-refractivity contribution is -0.128. The van der Waals surface area contributed by atoms with Crippen LogP contribution in [-0.2, 0) is 4.79 Å². The number of halogens is 1. The summed E-state index contributed by atoms with van der Waals surface area (Å²) in [6.07, 6.45) is 3.41. The molecule has 128 valence electrons. The van der Waals surface area contributed by atoms with Crippen molar-refractivity contribution in [3.8, 4) is 5.69 Å². The average Bonchev–Trinajstić information content (AvgIpc) is 3.08. The van der Waals surface area contributed by atoms with E-state index >= 15 is 0 Å². The minimum Gasteiger partial charge on any atom is -0.348 e. The predicted octanol–water partition coefficient (Wildman–Crippen LogP) is 3.93. The number of benzene rings is 2. The van der Waals surface area contributed by atoms with Gasteiger partial charge in [-0.25, -0.2) is 9.37 Å². The Kier molecular flexibility index (Phi) is 5.19. The van der Waals surface area contributed by atoms with Crippen LogP contribution in [0.5, 0.6) is 0 Å². The van der Waals surface area contributed by atoms with Crippen LogP contribution in [0.15, 0.2) is 72.1 Å². The van der Waals surface area contributed by atoms with E-state index in [0.29, 0.717) is 10.8 Å². The van der Waals surface area contributed by atoms with Crippen molar-refractivity contribution in [3.63, 3.8) is 0 Å². The first kappa shape index (κ1) is 17.2. The van der Waals surface area contributed by atoms with E-state index in [1.165, 1.54) is 23.9 Å². The fourth-order valence-electron chi connectivity index (χ4n) is 2.43. The van der Waals surface area contributed by atoms with Gasteiger partial charge in [0, 0.05) is 26.5 Å². The Bertz CT molecular complexity index is 864. The molecular formula is C19H18FN3OS. The standard InChI is InChI=1S/C19H18FN3OS/c1-22(2)18(24)17(14-7-4-3-5-8-14)25-19-21-11-12-23(19)16-10-6-9-15(20)13-16/h3-13,17H,1-2H3. The van der Waals surface area contributed by atoms with E-state index in [1.54, 1.807) is 48.1 Å². The van der Waals surface area contributed by atoms with E-state index in [0.717, 1.165) is 5.56 Å². The molecule has 0 saturated carbocycles. The van der Waals surface area contributed by atoms with Crippen LogP contribution in [0.4, 0.5) is 4.39 Å². The molecule has 1 amide bonds. The molecule has 0 radical (unpaired) electrons. The van der Waals surface area contributed by atoms with Crippen molar-refractivity contribution in [2.75, 3.05) is 14.1 Å². The van der Waals surface area contributed by atoms with Gasteiger partial charge in [0.2, 0.25) is 5.91 Å². The normalized spacial score (nSPS) is 12.0. The Morgan fingerprint density at radius 2 is 1.92 bits per heavy atom. The molecule has 4 nitrogen and oxygen atoms in total. The molecule has 0 N–H and O–H groups in total. The molecule has 1 heterocycles. The Balaban J connectivity index is 1.96. The lowest BCUT2D eigenvalue weighted by atomic mass is 10.1. The average molecular weight is 355 g/mol. The summed E-state index contributed by atoms with van der Waals surface area (Å²) in [6.45, 7) is 0. The molecule has 25 heavy (non-hydrogen) atoms. The number of carbonyl (C=O) groups is 1. The van der Waals surface area contributed by atoms with Crippen LogP contribution in [0.2, 0.25) is 0 Å². The number of nitrogens with zero attached hydrogens (tertiary/aromatic N) is 3. The van der Waals surface area contributed by atoms with Gasteiger partial charge in [-0.15, -0.1) is 0 Å². The summed E-state index contributed by atoms with van der Waals surface area (Å²) in [4.78, 5) is 18.6. The molecule has 0 saturated heterocycles. The zero-order chi connectivity index (χ0) is 17.8. The highest BCUT2D eigenvalue weighted by atomic mass is 32.2. The van der Waals surface area contributed by atoms with Gasteiger partial charge in [0.25, 0.3) is 0 Å². The number of likely N-dealkylation sites (N-methyl/N-ethyl adjacent to an activating group) is 1. The van der Waals surface area contributed by atoms with Gasteiger partial charge in [-0.2, -0.15) is 0 Å². The van der Waals surface area contributed by atoms with E-state index < -0.39 is 5.25 Å². The molecule has 0 aliphatic rings. The van der Waals surface area contributed by atoms with Crippen LogP contribution in [0, 0.1) is 5.82 Å². The van der Waals surface area contributed by atoms with Crippen molar-refractivity contribution in [2.24, 2.45) is 0 Å². The lowest BCUT2D eigenvalue weighted by Crippen LogP contribution is -2.26. The maximum atomic E-state index is 13.6. The highest BCUT2D eigenvalue weighted by Gasteiger charge is 2.25. The zero-order valence-electron chi connectivity index (χ0n) is 14.0. The Labute approximate surface area is 150 Å². The fourth-order valence-corrected chi connectivity index (χ4v) is 3.65. The van der Waals surface area contributed by atoms with Crippen LogP contribution in [-0.4, -0.2) is 34.5 Å². The number of aromatic nitrogens is 2. The minimum absolute atomic E-state index is 0.0232. The molecule has 2 aromatic carbocycles. The second-order valence-corrected chi connectivity index (χ2v) is 6.77. The number of amides is 1. The van der Waals surface area contributed by atoms with Crippen LogP contribution in [0.3, 0.4) is 0 Å². The minimum atomic E-state index is -0.425. The van der Waals surface area contributed by atoms with Gasteiger partial charge in [0.15, 0.2) is 5.16 Å². The van der Waals surface area contributed by atoms with Gasteiger partial charge in [-0.05, 0) is 23.8 Å². The molecule has 0 spiro atoms. The second-order valence-electron chi connectivity index (χ2n) is 5.70. The highest BCUT2D eigenvalue weighted by Crippen LogP contribution is 2.36. The van der Waals surface area contributed by atoms with Crippen molar-refractivity contribution >= 4 is 17.7 Å². The summed E-state index contributed by atoms with van der Waals surface area (Å²) in [6, 6.07) is 15.9. The third-order valence-electron chi connectivity index (χ3n) is 3.68. The molecule has 6 heteroatoms. The Morgan fingerprint density at radius 3 is 2.60 bits per heavy atom. The number of carbonyl (C=O) groups excluding carboxylic acids is 1. The molecular weight excluding hydrogens is 337 g/mol. The molecule has 3 rings (SSSR count). The van der Waals surface area contributed by atoms with Crippen molar-refractivity contribution in [3.05, 3.63) is 78.4 Å². The molecule has 0 bridgehead atoms. The van der Waals surface area contributed by atoms with Crippen LogP contribution in [0.25, 0.3) is 5.69 Å². The Hall–Kier alpha value is -2.60. The van der Waals surface area contributed by atoms with Gasteiger partial charge in [0.1, 0.15) is 11.1 Å². The van der Waals surface area contributed by atoms with E-state index in [9.17, 15) is 9.18 Å². The molecule has 1 aromatic heterocycles. The second kappa shape index (κ2) is 7.53. The summed E-state index contributed by atoms with van der Waals surface area (Å²) >= 11 is 1.35. The first-order chi connectivity index (χ1) is 12.1. The molecule has 0 fully saturated rings. The van der Waals surface area contributed by atoms with Crippen LogP contribution < -0.4 is 0 Å². The van der Waals surface area contributed by atoms with E-state index in [1.807, 2.05) is 30.3 Å². The van der Waals surface area contributed by atoms with Crippen LogP contribution in [0.1, 0.15) is 10.8 Å². The number of hydrogen-bond acceptors (Lipinski definition) is 3. The summed E-state index contributed by atoms with van der Waals surface area (Å²) in [7, 11) is 3.47. The van der Waals surface area contributed by atoms with Crippen LogP contribution >= 0.6 is 11.8 Å². The molecule has 0 aliphatic heterocycles. The predicted molar refractivity (Wildman–Crippen MR) is 97.3 cm³/mol. The van der Waals surface area contributed by atoms with E-state index in [-0.39, 0.29) is 11.7 Å². The van der Waals surface area contributed by atoms with Gasteiger partial charge in [-0.3, -0.25) is 9.36 Å². The number of imidazole rings is 1. The summed E-state index contributed by atoms with van der Waals surface area (Å²) < 4.78 is 15.3. The van der Waals surface area contributed by atoms with Gasteiger partial charge < -0.3 is 4.90 Å². The zero-order valence-corrected chi connectivity index (χ0v) is 14.8. The number of rotatable bonds is 5. The Morgan fingerprint density at radius 1 is 1.16 bits per heavy atom. The number of hydrogen-bond donors (Lipinski definition) is 0. The van der Waals surface area contributed by atoms with Crippen molar-refractivity contribution in [1.29, 1.82) is 0 Å². The SMILES string of the molecule is CN(C)C(=O)C(Sc1nccn1-c1cccc(F)c1)c1ccccc1. The lowest BCUT2D eigenvalue weighted by Gasteiger charge is -2.20. The topological polar surface area (TPSA) is 38.1 Å². The monoisotopic (exact) mass is 355 g/mol. The first-order valence-electron chi connectivity index (χ1n) is 7.78. The molecule has 3 aromatic rings. The fraction of sp³-hybridized carbons (Fsp3) is 0.158. The van der Waals surface area contributed by atoms with Crippen molar-refractivity contribution < 1.29 is 9.18 Å². The van der Waals surface area contributed by atoms with E-state index in [4.69, 9.17) is 0 Å². The largest absolute Gasteiger partial charge is 0.348 e. The van der Waals surface area contributed by atoms with Crippen molar-refractivity contribution in [1.82, 2.24) is 14.5 Å². The van der Waals surface area contributed by atoms with E-state index in [2.05, 4.69) is 4.98 Å². The third kappa shape index (κ3) is 3.91. The smallest absolute Gasteiger partial charge is 0.240 e. The van der Waals surface area contributed by atoms with Gasteiger partial charge in [0.05, 0.1) is 5.69 Å². The molecule has 1 atom stereocenters. The number of thioether (sulfide) groups is 1. The maximum Gasteiger partial charge on any atom is 0.240 e. The maximum absolute atomic E-state index is 13.6. The van der Waals surface area contributed by atoms with Crippen molar-refractivity contribution in [2.45, 2.75) is 10.4 Å². The molecule has 1 unspecified atom stereocenters. The summed E-state index contributed by atoms with van der Waals surface area (Å²) in [5.41, 5.74) is 1.57. The highest BCUT2D eigenvalue weighted by molar-refractivity contribution is 8.00. The molecule has 0 aliphatic carbocycles. The van der Waals surface area contributed by atoms with Gasteiger partial charge in [-0.1, -0.05) is 48.2 Å². The third-order valence-corrected chi connectivity index (χ3v) is 4.91. The first-order valence-corrected chi connectivity index (χ1v) is 8.66. The summed E-state index contributed by atoms with van der Waals surface area (Å²) in [5, 5.41) is 0.209. The summed E-state index contributed by atoms with van der Waals surface area (Å²) in [5.74, 6) is -0.337. The van der Waals surface area contributed by atoms with Gasteiger partial charge >= 0.3 is 0 Å². The quantitative estimate of drug-likeness (QED) is 0.651.